The van der Waals surface area contributed by atoms with Gasteiger partial charge in [-0.2, -0.15) is 44.3 Å². The summed E-state index contributed by atoms with van der Waals surface area (Å²) in [7, 11) is 1.42. The molecule has 0 radical (unpaired) electrons. The number of amides is 1. The van der Waals surface area contributed by atoms with Crippen LogP contribution in [-0.4, -0.2) is 62.5 Å². The number of aromatic nitrogens is 4. The molecule has 18 heteroatoms. The van der Waals surface area contributed by atoms with E-state index in [1.54, 1.807) is 30.6 Å². The van der Waals surface area contributed by atoms with Crippen LogP contribution in [0.4, 0.5) is 55.9 Å². The Kier molecular flexibility index (Phi) is 10.2. The van der Waals surface area contributed by atoms with E-state index >= 15 is 0 Å². The number of rotatable bonds is 6. The van der Waals surface area contributed by atoms with E-state index < -0.39 is 65.5 Å². The molecular weight excluding hydrogens is 697 g/mol. The lowest BCUT2D eigenvalue weighted by Crippen LogP contribution is -2.45. The Morgan fingerprint density at radius 1 is 0.882 bits per heavy atom. The molecule has 0 spiro atoms. The fourth-order valence-electron chi connectivity index (χ4n) is 6.69. The second kappa shape index (κ2) is 13.7. The molecule has 280 valence electrons. The number of aryl methyl sites for hydroxylation is 2. The Labute approximate surface area is 288 Å². The van der Waals surface area contributed by atoms with E-state index in [0.29, 0.717) is 43.5 Å². The van der Waals surface area contributed by atoms with Crippen LogP contribution >= 0.6 is 0 Å². The van der Waals surface area contributed by atoms with E-state index in [4.69, 9.17) is 4.74 Å². The number of likely N-dealkylation sites (tertiary alicyclic amines) is 1. The molecule has 1 amide bonds. The van der Waals surface area contributed by atoms with Gasteiger partial charge in [-0.1, -0.05) is 11.2 Å². The van der Waals surface area contributed by atoms with Crippen molar-refractivity contribution in [3.8, 4) is 0 Å². The minimum atomic E-state index is -5.10. The van der Waals surface area contributed by atoms with Crippen LogP contribution in [-0.2, 0) is 36.9 Å². The highest BCUT2D eigenvalue weighted by atomic mass is 19.4. The lowest BCUT2D eigenvalue weighted by Gasteiger charge is -2.35. The topological polar surface area (TPSA) is 79.6 Å². The summed E-state index contributed by atoms with van der Waals surface area (Å²) in [4.78, 5) is 18.8. The van der Waals surface area contributed by atoms with Gasteiger partial charge in [-0.3, -0.25) is 0 Å². The first-order chi connectivity index (χ1) is 23.5. The van der Waals surface area contributed by atoms with Gasteiger partial charge < -0.3 is 19.4 Å². The number of ether oxygens (including phenoxy) is 1. The number of hydrogen-bond donors (Lipinski definition) is 0. The number of tetrazole rings is 1. The smallest absolute Gasteiger partial charge is 0.416 e. The van der Waals surface area contributed by atoms with E-state index in [1.165, 1.54) is 24.9 Å². The van der Waals surface area contributed by atoms with Gasteiger partial charge in [-0.05, 0) is 99.5 Å². The van der Waals surface area contributed by atoms with Crippen molar-refractivity contribution < 1.29 is 49.0 Å². The molecule has 5 rings (SSSR count). The van der Waals surface area contributed by atoms with Crippen LogP contribution in [0.2, 0.25) is 0 Å². The fourth-order valence-corrected chi connectivity index (χ4v) is 6.69. The van der Waals surface area contributed by atoms with Crippen LogP contribution in [0.5, 0.6) is 0 Å². The summed E-state index contributed by atoms with van der Waals surface area (Å²) in [6.07, 6.45) is -13.7. The summed E-state index contributed by atoms with van der Waals surface area (Å²) >= 11 is 0. The number of carbonyl (C=O) groups is 1. The van der Waals surface area contributed by atoms with Crippen molar-refractivity contribution >= 4 is 17.7 Å². The number of alkyl halides is 9. The molecule has 2 aliphatic heterocycles. The van der Waals surface area contributed by atoms with Gasteiger partial charge in [0.1, 0.15) is 5.60 Å². The van der Waals surface area contributed by atoms with E-state index in [-0.39, 0.29) is 48.3 Å². The number of carbonyl (C=O) groups excluding carboxylic acids is 1. The second-order valence-electron chi connectivity index (χ2n) is 13.9. The van der Waals surface area contributed by atoms with Gasteiger partial charge >= 0.3 is 24.6 Å². The van der Waals surface area contributed by atoms with E-state index in [0.717, 1.165) is 10.9 Å². The average molecular weight is 736 g/mol. The van der Waals surface area contributed by atoms with Crippen molar-refractivity contribution in [3.05, 3.63) is 63.7 Å². The highest BCUT2D eigenvalue weighted by Gasteiger charge is 2.41. The highest BCUT2D eigenvalue weighted by Crippen LogP contribution is 2.44. The Bertz CT molecular complexity index is 1700. The zero-order valence-electron chi connectivity index (χ0n) is 28.5. The molecule has 1 saturated heterocycles. The van der Waals surface area contributed by atoms with Crippen molar-refractivity contribution in [1.29, 1.82) is 0 Å². The number of anilines is 2. The molecule has 2 atom stereocenters. The van der Waals surface area contributed by atoms with Crippen molar-refractivity contribution in [3.63, 3.8) is 0 Å². The van der Waals surface area contributed by atoms with Gasteiger partial charge in [-0.15, -0.1) is 5.10 Å². The number of nitrogens with zero attached hydrogens (tertiary/aromatic N) is 7. The summed E-state index contributed by atoms with van der Waals surface area (Å²) in [6.45, 7) is 6.70. The summed E-state index contributed by atoms with van der Waals surface area (Å²) in [5, 5.41) is 12.0. The minimum absolute atomic E-state index is 0.0266. The van der Waals surface area contributed by atoms with E-state index in [2.05, 4.69) is 15.4 Å². The third-order valence-electron chi connectivity index (χ3n) is 8.85. The molecule has 0 N–H and O–H groups in total. The molecule has 0 unspecified atom stereocenters. The zero-order chi connectivity index (χ0) is 37.7. The largest absolute Gasteiger partial charge is 0.444 e. The van der Waals surface area contributed by atoms with E-state index in [1.807, 2.05) is 0 Å². The quantitative estimate of drug-likeness (QED) is 0.236. The average Bonchev–Trinajstić information content (AvgIpc) is 3.60. The number of halogens is 9. The number of hydrogen-bond acceptors (Lipinski definition) is 7. The van der Waals surface area contributed by atoms with E-state index in [9.17, 15) is 44.3 Å². The first-order valence-electron chi connectivity index (χ1n) is 16.3. The number of benzene rings is 2. The molecule has 3 heterocycles. The van der Waals surface area contributed by atoms with Crippen LogP contribution in [0, 0.1) is 6.92 Å². The second-order valence-corrected chi connectivity index (χ2v) is 13.9. The highest BCUT2D eigenvalue weighted by molar-refractivity contribution is 5.69. The van der Waals surface area contributed by atoms with Crippen molar-refractivity contribution in [1.82, 2.24) is 25.1 Å². The molecule has 2 aromatic carbocycles. The fraction of sp³-hybridized carbons (Fsp3) is 0.576. The standard InChI is InChI=1S/C33H38F9N7O2/c1-19-12-24-26(49(28-43-45-46(5)44-28)17-20-13-21(31(34,35)36)15-22(14-20)32(37,38)39)9-7-10-47(27(24)16-25(19)33(40,41)42)18-23-8-6-11-48(23)29(50)51-30(2,3)4/h12-16,23,26H,6-11,17-18H2,1-5H3/t23-,26+/m1/s1. The van der Waals surface area contributed by atoms with Gasteiger partial charge in [0.25, 0.3) is 5.95 Å². The van der Waals surface area contributed by atoms with Gasteiger partial charge in [0, 0.05) is 31.9 Å². The maximum Gasteiger partial charge on any atom is 0.416 e. The SMILES string of the molecule is Cc1cc2c(cc1C(F)(F)F)N(C[C@H]1CCCN1C(=O)OC(C)(C)C)CCC[C@@H]2N(Cc1cc(C(F)(F)F)cc(C(F)(F)F)c1)c1nnn(C)n1. The molecule has 2 aliphatic rings. The monoisotopic (exact) mass is 735 g/mol. The van der Waals surface area contributed by atoms with Gasteiger partial charge in [-0.25, -0.2) is 4.79 Å². The normalized spacial score (nSPS) is 18.9. The van der Waals surface area contributed by atoms with Crippen molar-refractivity contribution in [2.24, 2.45) is 7.05 Å². The predicted molar refractivity (Wildman–Crippen MR) is 168 cm³/mol. The molecule has 3 aromatic rings. The maximum atomic E-state index is 14.3. The summed E-state index contributed by atoms with van der Waals surface area (Å²) in [5.74, 6) is -0.141. The lowest BCUT2D eigenvalue weighted by atomic mass is 9.94. The summed E-state index contributed by atoms with van der Waals surface area (Å²) in [6, 6.07) is 2.30. The third-order valence-corrected chi connectivity index (χ3v) is 8.85. The van der Waals surface area contributed by atoms with Crippen LogP contribution < -0.4 is 9.80 Å². The van der Waals surface area contributed by atoms with Crippen LogP contribution in [0.3, 0.4) is 0 Å². The minimum Gasteiger partial charge on any atom is -0.444 e. The van der Waals surface area contributed by atoms with Crippen molar-refractivity contribution in [2.45, 2.75) is 96.1 Å². The molecule has 0 aliphatic carbocycles. The Morgan fingerprint density at radius 3 is 2.06 bits per heavy atom. The molecule has 0 saturated carbocycles. The van der Waals surface area contributed by atoms with Crippen LogP contribution in [0.25, 0.3) is 0 Å². The molecule has 0 bridgehead atoms. The van der Waals surface area contributed by atoms with Crippen molar-refractivity contribution in [2.75, 3.05) is 29.4 Å². The van der Waals surface area contributed by atoms with Crippen LogP contribution in [0.1, 0.15) is 85.9 Å². The lowest BCUT2D eigenvalue weighted by molar-refractivity contribution is -0.143. The molecule has 1 fully saturated rings. The van der Waals surface area contributed by atoms with Gasteiger partial charge in [0.05, 0.1) is 35.8 Å². The third kappa shape index (κ3) is 8.80. The molecule has 1 aromatic heterocycles. The Hall–Kier alpha value is -4.25. The van der Waals surface area contributed by atoms with Gasteiger partial charge in [0.15, 0.2) is 0 Å². The predicted octanol–water partition coefficient (Wildman–Crippen LogP) is 8.32. The zero-order valence-corrected chi connectivity index (χ0v) is 28.5. The Morgan fingerprint density at radius 2 is 1.51 bits per heavy atom. The van der Waals surface area contributed by atoms with Gasteiger partial charge in [0.2, 0.25) is 0 Å². The first kappa shape index (κ1) is 38.0. The summed E-state index contributed by atoms with van der Waals surface area (Å²) in [5.41, 5.74) is -4.68. The maximum absolute atomic E-state index is 14.3. The summed E-state index contributed by atoms with van der Waals surface area (Å²) < 4.78 is 131. The molecule has 9 nitrogen and oxygen atoms in total. The number of fused-ring (bicyclic) bond motifs is 1. The first-order valence-corrected chi connectivity index (χ1v) is 16.3. The molecular formula is C33H38F9N7O2. The van der Waals surface area contributed by atoms with Crippen LogP contribution in [0.15, 0.2) is 30.3 Å². The molecule has 51 heavy (non-hydrogen) atoms. The Balaban J connectivity index is 1.61.